The zero-order valence-corrected chi connectivity index (χ0v) is 14.9. The maximum Gasteiger partial charge on any atom is 0.250 e. The largest absolute Gasteiger partial charge is 0.544 e. The van der Waals surface area contributed by atoms with Gasteiger partial charge in [-0.2, -0.15) is 0 Å². The van der Waals surface area contributed by atoms with Crippen LogP contribution in [0.15, 0.2) is 24.3 Å². The van der Waals surface area contributed by atoms with Gasteiger partial charge in [-0.1, -0.05) is 20.8 Å². The molecule has 0 aliphatic carbocycles. The van der Waals surface area contributed by atoms with Crippen LogP contribution in [0, 0.1) is 0 Å². The Morgan fingerprint density at radius 2 is 1.57 bits per heavy atom. The van der Waals surface area contributed by atoms with Crippen molar-refractivity contribution in [2.75, 3.05) is 0 Å². The number of hydrogen-bond acceptors (Lipinski definition) is 3. The summed E-state index contributed by atoms with van der Waals surface area (Å²) in [4.78, 5) is 22.8. The summed E-state index contributed by atoms with van der Waals surface area (Å²) in [6.07, 6.45) is 0.582. The van der Waals surface area contributed by atoms with Gasteiger partial charge in [0.2, 0.25) is 8.32 Å². The second-order valence-electron chi connectivity index (χ2n) is 7.01. The van der Waals surface area contributed by atoms with Crippen molar-refractivity contribution in [1.29, 1.82) is 0 Å². The molecular weight excluding hydrogens is 280 g/mol. The Morgan fingerprint density at radius 3 is 2.00 bits per heavy atom. The van der Waals surface area contributed by atoms with E-state index in [1.807, 2.05) is 12.1 Å². The first-order valence-electron chi connectivity index (χ1n) is 7.34. The maximum absolute atomic E-state index is 11.9. The van der Waals surface area contributed by atoms with Gasteiger partial charge in [0.1, 0.15) is 11.5 Å². The molecule has 0 heterocycles. The Bertz CT molecular complexity index is 510. The Labute approximate surface area is 128 Å². The number of Topliss-reactive ketones (excluding diaryl/α,β-unsaturated/α-hetero) is 2. The van der Waals surface area contributed by atoms with Crippen LogP contribution in [0.25, 0.3) is 0 Å². The predicted molar refractivity (Wildman–Crippen MR) is 88.5 cm³/mol. The molecule has 0 atom stereocenters. The molecule has 0 aliphatic heterocycles. The summed E-state index contributed by atoms with van der Waals surface area (Å²) in [5.74, 6) is 0.856. The minimum absolute atomic E-state index is 0.00377. The Hall–Kier alpha value is -1.42. The van der Waals surface area contributed by atoms with Crippen molar-refractivity contribution in [1.82, 2.24) is 0 Å². The molecule has 1 aromatic carbocycles. The minimum atomic E-state index is -1.85. The average molecular weight is 306 g/mol. The highest BCUT2D eigenvalue weighted by Gasteiger charge is 2.38. The van der Waals surface area contributed by atoms with Crippen molar-refractivity contribution in [3.8, 4) is 5.75 Å². The van der Waals surface area contributed by atoms with Crippen LogP contribution in [0.2, 0.25) is 18.1 Å². The molecule has 0 aliphatic rings. The molecule has 21 heavy (non-hydrogen) atoms. The van der Waals surface area contributed by atoms with Gasteiger partial charge in [0.15, 0.2) is 5.78 Å². The lowest BCUT2D eigenvalue weighted by Crippen LogP contribution is -2.43. The van der Waals surface area contributed by atoms with E-state index in [1.54, 1.807) is 12.1 Å². The van der Waals surface area contributed by atoms with Gasteiger partial charge in [-0.3, -0.25) is 4.79 Å². The first-order chi connectivity index (χ1) is 9.53. The first kappa shape index (κ1) is 17.6. The van der Waals surface area contributed by atoms with Gasteiger partial charge < -0.3 is 9.22 Å². The monoisotopic (exact) mass is 306 g/mol. The summed E-state index contributed by atoms with van der Waals surface area (Å²) in [6.45, 7) is 12.5. The molecule has 0 saturated heterocycles. The van der Waals surface area contributed by atoms with Gasteiger partial charge in [0.05, 0.1) is 0 Å². The summed E-state index contributed by atoms with van der Waals surface area (Å²) < 4.78 is 6.17. The van der Waals surface area contributed by atoms with Crippen molar-refractivity contribution in [2.24, 2.45) is 0 Å². The standard InChI is InChI=1S/C17H26O3Si/c1-13(18)7-12-16(19)14-8-10-15(11-9-14)20-21(5,6)17(2,3)4/h8-11H,7,12H2,1-6H3. The number of carbonyl (C=O) groups excluding carboxylic acids is 2. The molecule has 0 amide bonds. The van der Waals surface area contributed by atoms with Crippen molar-refractivity contribution < 1.29 is 14.0 Å². The van der Waals surface area contributed by atoms with E-state index in [1.165, 1.54) is 6.92 Å². The Kier molecular flexibility index (Phi) is 5.51. The molecule has 3 nitrogen and oxygen atoms in total. The molecule has 4 heteroatoms. The van der Waals surface area contributed by atoms with Crippen LogP contribution < -0.4 is 4.43 Å². The summed E-state index contributed by atoms with van der Waals surface area (Å²) in [5.41, 5.74) is 0.638. The maximum atomic E-state index is 11.9. The lowest BCUT2D eigenvalue weighted by Gasteiger charge is -2.36. The molecule has 0 fully saturated rings. The predicted octanol–water partition coefficient (Wildman–Crippen LogP) is 4.62. The lowest BCUT2D eigenvalue weighted by molar-refractivity contribution is -0.116. The van der Waals surface area contributed by atoms with Crippen molar-refractivity contribution in [3.63, 3.8) is 0 Å². The van der Waals surface area contributed by atoms with Crippen LogP contribution in [0.3, 0.4) is 0 Å². The summed E-state index contributed by atoms with van der Waals surface area (Å²) >= 11 is 0. The number of carbonyl (C=O) groups is 2. The molecule has 0 saturated carbocycles. The van der Waals surface area contributed by atoms with E-state index in [-0.39, 0.29) is 23.0 Å². The highest BCUT2D eigenvalue weighted by atomic mass is 28.4. The smallest absolute Gasteiger partial charge is 0.250 e. The summed E-state index contributed by atoms with van der Waals surface area (Å²) in [7, 11) is -1.85. The van der Waals surface area contributed by atoms with Gasteiger partial charge in [-0.25, -0.2) is 0 Å². The molecule has 0 aromatic heterocycles. The summed E-state index contributed by atoms with van der Waals surface area (Å²) in [6, 6.07) is 7.26. The van der Waals surface area contributed by atoms with Gasteiger partial charge >= 0.3 is 0 Å². The second-order valence-corrected chi connectivity index (χ2v) is 11.7. The van der Waals surface area contributed by atoms with E-state index < -0.39 is 8.32 Å². The Balaban J connectivity index is 2.75. The normalized spacial score (nSPS) is 12.1. The van der Waals surface area contributed by atoms with Crippen LogP contribution in [-0.2, 0) is 4.79 Å². The van der Waals surface area contributed by atoms with Gasteiger partial charge in [0, 0.05) is 18.4 Å². The van der Waals surface area contributed by atoms with Crippen molar-refractivity contribution >= 4 is 19.9 Å². The van der Waals surface area contributed by atoms with Crippen molar-refractivity contribution in [2.45, 2.75) is 58.7 Å². The van der Waals surface area contributed by atoms with E-state index in [0.717, 1.165) is 5.75 Å². The molecular formula is C17H26O3Si. The fourth-order valence-electron chi connectivity index (χ4n) is 1.59. The average Bonchev–Trinajstić information content (AvgIpc) is 2.35. The second kappa shape index (κ2) is 6.56. The molecule has 0 radical (unpaired) electrons. The van der Waals surface area contributed by atoms with Gasteiger partial charge in [-0.05, 0) is 49.3 Å². The number of rotatable bonds is 6. The zero-order chi connectivity index (χ0) is 16.3. The zero-order valence-electron chi connectivity index (χ0n) is 13.9. The third-order valence-electron chi connectivity index (χ3n) is 4.06. The number of hydrogen-bond donors (Lipinski definition) is 0. The van der Waals surface area contributed by atoms with E-state index in [9.17, 15) is 9.59 Å². The molecule has 0 unspecified atom stereocenters. The molecule has 1 rings (SSSR count). The van der Waals surface area contributed by atoms with Crippen LogP contribution in [0.1, 0.15) is 50.9 Å². The number of ketones is 2. The highest BCUT2D eigenvalue weighted by molar-refractivity contribution is 6.74. The Morgan fingerprint density at radius 1 is 1.05 bits per heavy atom. The van der Waals surface area contributed by atoms with E-state index in [4.69, 9.17) is 4.43 Å². The van der Waals surface area contributed by atoms with Crippen LogP contribution in [0.4, 0.5) is 0 Å². The van der Waals surface area contributed by atoms with Crippen molar-refractivity contribution in [3.05, 3.63) is 29.8 Å². The summed E-state index contributed by atoms with van der Waals surface area (Å²) in [5, 5.41) is 0.142. The number of benzene rings is 1. The molecule has 1 aromatic rings. The topological polar surface area (TPSA) is 43.4 Å². The molecule has 0 spiro atoms. The van der Waals surface area contributed by atoms with E-state index in [0.29, 0.717) is 12.0 Å². The fourth-order valence-corrected chi connectivity index (χ4v) is 2.62. The highest BCUT2D eigenvalue weighted by Crippen LogP contribution is 2.37. The van der Waals surface area contributed by atoms with Gasteiger partial charge in [0.25, 0.3) is 0 Å². The third kappa shape index (κ3) is 5.12. The lowest BCUT2D eigenvalue weighted by atomic mass is 10.1. The molecule has 116 valence electrons. The van der Waals surface area contributed by atoms with Gasteiger partial charge in [-0.15, -0.1) is 0 Å². The van der Waals surface area contributed by atoms with Crippen LogP contribution in [0.5, 0.6) is 5.75 Å². The quantitative estimate of drug-likeness (QED) is 0.569. The first-order valence-corrected chi connectivity index (χ1v) is 10.3. The van der Waals surface area contributed by atoms with Crippen LogP contribution >= 0.6 is 0 Å². The van der Waals surface area contributed by atoms with E-state index >= 15 is 0 Å². The van der Waals surface area contributed by atoms with Crippen LogP contribution in [-0.4, -0.2) is 19.9 Å². The third-order valence-corrected chi connectivity index (χ3v) is 8.42. The molecule has 0 N–H and O–H groups in total. The SMILES string of the molecule is CC(=O)CCC(=O)c1ccc(O[Si](C)(C)C(C)(C)C)cc1. The molecule has 0 bridgehead atoms. The minimum Gasteiger partial charge on any atom is -0.544 e. The fraction of sp³-hybridized carbons (Fsp3) is 0.529. The van der Waals surface area contributed by atoms with E-state index in [2.05, 4.69) is 33.9 Å².